The summed E-state index contributed by atoms with van der Waals surface area (Å²) in [5.41, 5.74) is 0.924. The van der Waals surface area contributed by atoms with Gasteiger partial charge in [-0.1, -0.05) is 18.2 Å². The number of thiophene rings is 1. The number of ether oxygens (including phenoxy) is 1. The average Bonchev–Trinajstić information content (AvgIpc) is 2.93. The van der Waals surface area contributed by atoms with Crippen LogP contribution < -0.4 is 10.1 Å². The third kappa shape index (κ3) is 3.10. The van der Waals surface area contributed by atoms with E-state index in [1.807, 2.05) is 35.7 Å². The number of nitriles is 1. The fourth-order valence-corrected chi connectivity index (χ4v) is 2.33. The third-order valence-corrected chi connectivity index (χ3v) is 3.49. The van der Waals surface area contributed by atoms with Gasteiger partial charge < -0.3 is 4.74 Å². The van der Waals surface area contributed by atoms with E-state index in [1.54, 1.807) is 18.4 Å². The normalized spacial score (nSPS) is 11.8. The Labute approximate surface area is 111 Å². The van der Waals surface area contributed by atoms with Crippen molar-refractivity contribution in [2.24, 2.45) is 0 Å². The zero-order chi connectivity index (χ0) is 12.8. The van der Waals surface area contributed by atoms with Crippen molar-refractivity contribution < 1.29 is 4.74 Å². The lowest BCUT2D eigenvalue weighted by atomic mass is 10.1. The Morgan fingerprint density at radius 1 is 1.39 bits per heavy atom. The summed E-state index contributed by atoms with van der Waals surface area (Å²) in [7, 11) is 1.62. The minimum atomic E-state index is -0.317. The molecule has 0 saturated carbocycles. The van der Waals surface area contributed by atoms with Crippen LogP contribution >= 0.6 is 11.3 Å². The minimum Gasteiger partial charge on any atom is -0.497 e. The summed E-state index contributed by atoms with van der Waals surface area (Å²) in [6.07, 6.45) is 0. The lowest BCUT2D eigenvalue weighted by Crippen LogP contribution is -2.18. The van der Waals surface area contributed by atoms with Gasteiger partial charge in [-0.25, -0.2) is 0 Å². The molecule has 1 unspecified atom stereocenters. The van der Waals surface area contributed by atoms with E-state index < -0.39 is 0 Å². The van der Waals surface area contributed by atoms with Gasteiger partial charge in [0.2, 0.25) is 0 Å². The highest BCUT2D eigenvalue weighted by molar-refractivity contribution is 7.09. The molecule has 0 aliphatic rings. The van der Waals surface area contributed by atoms with E-state index in [9.17, 15) is 5.26 Å². The molecule has 0 radical (unpaired) electrons. The molecule has 2 rings (SSSR count). The largest absolute Gasteiger partial charge is 0.497 e. The highest BCUT2D eigenvalue weighted by Crippen LogP contribution is 2.19. The van der Waals surface area contributed by atoms with Crippen LogP contribution in [0.15, 0.2) is 41.8 Å². The zero-order valence-electron chi connectivity index (χ0n) is 10.1. The van der Waals surface area contributed by atoms with Crippen LogP contribution in [0.1, 0.15) is 16.5 Å². The monoisotopic (exact) mass is 258 g/mol. The topological polar surface area (TPSA) is 45.0 Å². The molecule has 0 bridgehead atoms. The Kier molecular flexibility index (Phi) is 4.35. The van der Waals surface area contributed by atoms with Crippen LogP contribution in [0.4, 0.5) is 0 Å². The maximum absolute atomic E-state index is 9.22. The summed E-state index contributed by atoms with van der Waals surface area (Å²) in [4.78, 5) is 1.22. The molecule has 1 atom stereocenters. The smallest absolute Gasteiger partial charge is 0.121 e. The molecule has 0 fully saturated rings. The first kappa shape index (κ1) is 12.6. The van der Waals surface area contributed by atoms with Gasteiger partial charge in [0.15, 0.2) is 0 Å². The van der Waals surface area contributed by atoms with Crippen molar-refractivity contribution in [1.29, 1.82) is 5.26 Å². The maximum atomic E-state index is 9.22. The number of rotatable bonds is 5. The van der Waals surface area contributed by atoms with Crippen LogP contribution in [0.5, 0.6) is 5.75 Å². The van der Waals surface area contributed by atoms with Gasteiger partial charge in [-0.2, -0.15) is 5.26 Å². The van der Waals surface area contributed by atoms with E-state index in [-0.39, 0.29) is 6.04 Å². The molecule has 18 heavy (non-hydrogen) atoms. The molecule has 1 heterocycles. The summed E-state index contributed by atoms with van der Waals surface area (Å²) in [6, 6.07) is 13.6. The van der Waals surface area contributed by atoms with Crippen LogP contribution in [0, 0.1) is 11.3 Å². The number of nitrogens with one attached hydrogen (secondary N) is 1. The lowest BCUT2D eigenvalue weighted by Gasteiger charge is -2.12. The van der Waals surface area contributed by atoms with E-state index in [4.69, 9.17) is 4.74 Å². The molecular weight excluding hydrogens is 244 g/mol. The number of nitrogens with zero attached hydrogens (tertiary/aromatic N) is 1. The molecule has 0 spiro atoms. The molecule has 1 aromatic carbocycles. The molecule has 3 nitrogen and oxygen atoms in total. The Morgan fingerprint density at radius 3 is 2.94 bits per heavy atom. The molecule has 92 valence electrons. The highest BCUT2D eigenvalue weighted by Gasteiger charge is 2.10. The fourth-order valence-electron chi connectivity index (χ4n) is 1.67. The van der Waals surface area contributed by atoms with Crippen LogP contribution in [0.2, 0.25) is 0 Å². The van der Waals surface area contributed by atoms with Crippen LogP contribution in [-0.2, 0) is 6.54 Å². The van der Waals surface area contributed by atoms with E-state index in [0.29, 0.717) is 6.54 Å². The van der Waals surface area contributed by atoms with Crippen molar-refractivity contribution in [2.75, 3.05) is 7.11 Å². The molecule has 2 aromatic rings. The molecule has 1 N–H and O–H groups in total. The van der Waals surface area contributed by atoms with E-state index >= 15 is 0 Å². The molecule has 0 aliphatic carbocycles. The van der Waals surface area contributed by atoms with E-state index in [0.717, 1.165) is 11.3 Å². The molecule has 1 aromatic heterocycles. The number of hydrogen-bond donors (Lipinski definition) is 1. The standard InChI is InChI=1S/C14H14N2OS/c1-17-12-5-2-4-11(8-12)14(9-15)16-10-13-6-3-7-18-13/h2-8,14,16H,10H2,1H3. The first-order valence-corrected chi connectivity index (χ1v) is 6.51. The number of benzene rings is 1. The first-order chi connectivity index (χ1) is 8.83. The predicted octanol–water partition coefficient (Wildman–Crippen LogP) is 3.11. The van der Waals surface area contributed by atoms with E-state index in [1.165, 1.54) is 4.88 Å². The second kappa shape index (κ2) is 6.20. The summed E-state index contributed by atoms with van der Waals surface area (Å²) in [5.74, 6) is 0.769. The maximum Gasteiger partial charge on any atom is 0.121 e. The van der Waals surface area contributed by atoms with Crippen LogP contribution in [0.25, 0.3) is 0 Å². The van der Waals surface area contributed by atoms with Gasteiger partial charge in [0.25, 0.3) is 0 Å². The molecule has 0 aliphatic heterocycles. The zero-order valence-corrected chi connectivity index (χ0v) is 10.9. The van der Waals surface area contributed by atoms with Gasteiger partial charge >= 0.3 is 0 Å². The Hall–Kier alpha value is -1.83. The van der Waals surface area contributed by atoms with Crippen molar-refractivity contribution >= 4 is 11.3 Å². The van der Waals surface area contributed by atoms with Gasteiger partial charge in [-0.05, 0) is 29.1 Å². The Morgan fingerprint density at radius 2 is 2.28 bits per heavy atom. The Balaban J connectivity index is 2.06. The Bertz CT molecular complexity index is 531. The minimum absolute atomic E-state index is 0.317. The third-order valence-electron chi connectivity index (χ3n) is 2.62. The van der Waals surface area contributed by atoms with Gasteiger partial charge in [0, 0.05) is 11.4 Å². The summed E-state index contributed by atoms with van der Waals surface area (Å²) < 4.78 is 5.16. The van der Waals surface area contributed by atoms with Crippen LogP contribution in [0.3, 0.4) is 0 Å². The van der Waals surface area contributed by atoms with Gasteiger partial charge in [-0.3, -0.25) is 5.32 Å². The van der Waals surface area contributed by atoms with Gasteiger partial charge in [0.1, 0.15) is 11.8 Å². The van der Waals surface area contributed by atoms with Crippen molar-refractivity contribution in [3.05, 3.63) is 52.2 Å². The lowest BCUT2D eigenvalue weighted by molar-refractivity contribution is 0.413. The molecular formula is C14H14N2OS. The number of methoxy groups -OCH3 is 1. The molecule has 0 saturated heterocycles. The van der Waals surface area contributed by atoms with Crippen molar-refractivity contribution in [1.82, 2.24) is 5.32 Å². The highest BCUT2D eigenvalue weighted by atomic mass is 32.1. The predicted molar refractivity (Wildman–Crippen MR) is 72.5 cm³/mol. The second-order valence-corrected chi connectivity index (χ2v) is 4.83. The van der Waals surface area contributed by atoms with Gasteiger partial charge in [-0.15, -0.1) is 11.3 Å². The van der Waals surface area contributed by atoms with E-state index in [2.05, 4.69) is 17.5 Å². The summed E-state index contributed by atoms with van der Waals surface area (Å²) in [6.45, 7) is 0.701. The number of hydrogen-bond acceptors (Lipinski definition) is 4. The van der Waals surface area contributed by atoms with Crippen molar-refractivity contribution in [3.8, 4) is 11.8 Å². The summed E-state index contributed by atoms with van der Waals surface area (Å²) >= 11 is 1.68. The first-order valence-electron chi connectivity index (χ1n) is 5.63. The quantitative estimate of drug-likeness (QED) is 0.896. The van der Waals surface area contributed by atoms with Crippen LogP contribution in [-0.4, -0.2) is 7.11 Å². The van der Waals surface area contributed by atoms with Crippen molar-refractivity contribution in [3.63, 3.8) is 0 Å². The molecule has 0 amide bonds. The second-order valence-electron chi connectivity index (χ2n) is 3.80. The van der Waals surface area contributed by atoms with Crippen molar-refractivity contribution in [2.45, 2.75) is 12.6 Å². The fraction of sp³-hybridized carbons (Fsp3) is 0.214. The molecule has 4 heteroatoms. The average molecular weight is 258 g/mol. The van der Waals surface area contributed by atoms with Gasteiger partial charge in [0.05, 0.1) is 13.2 Å². The summed E-state index contributed by atoms with van der Waals surface area (Å²) in [5, 5.41) is 14.5. The SMILES string of the molecule is COc1cccc(C(C#N)NCc2cccs2)c1.